The first-order valence-corrected chi connectivity index (χ1v) is 10.2. The number of hydrogen-bond donors (Lipinski definition) is 0. The third-order valence-corrected chi connectivity index (χ3v) is 7.37. The van der Waals surface area contributed by atoms with Crippen molar-refractivity contribution in [3.05, 3.63) is 45.8 Å². The van der Waals surface area contributed by atoms with E-state index in [0.717, 1.165) is 0 Å². The van der Waals surface area contributed by atoms with Crippen molar-refractivity contribution >= 4 is 38.8 Å². The summed E-state index contributed by atoms with van der Waals surface area (Å²) in [7, 11) is -3.97. The molecule has 0 saturated carbocycles. The maximum atomic E-state index is 12.9. The monoisotopic (exact) mass is 417 g/mol. The standard InChI is InChI=1S/C18H21Cl2NO4S/c1-17(2,3)16-9-11(21-25-16)8-15(22)18(4,5)26(23,24)12-6-7-13(19)14(20)10-12/h6-7,9-10H,8H2,1-5H3. The molecule has 0 aliphatic heterocycles. The second-order valence-corrected chi connectivity index (χ2v) is 10.9. The van der Waals surface area contributed by atoms with Gasteiger partial charge in [0.05, 0.1) is 27.1 Å². The average Bonchev–Trinajstić information content (AvgIpc) is 2.98. The van der Waals surface area contributed by atoms with Gasteiger partial charge < -0.3 is 4.52 Å². The molecule has 1 heterocycles. The average molecular weight is 418 g/mol. The first kappa shape index (κ1) is 20.9. The van der Waals surface area contributed by atoms with Gasteiger partial charge in [0.25, 0.3) is 0 Å². The molecule has 0 amide bonds. The molecule has 0 N–H and O–H groups in total. The van der Waals surface area contributed by atoms with Crippen LogP contribution >= 0.6 is 23.2 Å². The van der Waals surface area contributed by atoms with Crippen LogP contribution in [-0.2, 0) is 26.5 Å². The van der Waals surface area contributed by atoms with E-state index in [-0.39, 0.29) is 26.8 Å². The van der Waals surface area contributed by atoms with Crippen LogP contribution in [0.2, 0.25) is 10.0 Å². The highest BCUT2D eigenvalue weighted by molar-refractivity contribution is 7.93. The fourth-order valence-electron chi connectivity index (χ4n) is 2.21. The Morgan fingerprint density at radius 2 is 1.69 bits per heavy atom. The van der Waals surface area contributed by atoms with Gasteiger partial charge in [0, 0.05) is 11.5 Å². The van der Waals surface area contributed by atoms with Crippen molar-refractivity contribution in [3.63, 3.8) is 0 Å². The van der Waals surface area contributed by atoms with Crippen molar-refractivity contribution in [1.29, 1.82) is 0 Å². The van der Waals surface area contributed by atoms with Gasteiger partial charge >= 0.3 is 0 Å². The Morgan fingerprint density at radius 3 is 2.19 bits per heavy atom. The van der Waals surface area contributed by atoms with Gasteiger partial charge in [-0.15, -0.1) is 0 Å². The van der Waals surface area contributed by atoms with Gasteiger partial charge in [-0.05, 0) is 32.0 Å². The van der Waals surface area contributed by atoms with Crippen LogP contribution in [0.25, 0.3) is 0 Å². The van der Waals surface area contributed by atoms with Crippen molar-refractivity contribution in [3.8, 4) is 0 Å². The maximum Gasteiger partial charge on any atom is 0.190 e. The molecule has 0 unspecified atom stereocenters. The molecule has 1 aromatic heterocycles. The van der Waals surface area contributed by atoms with Gasteiger partial charge in [-0.25, -0.2) is 8.42 Å². The van der Waals surface area contributed by atoms with E-state index < -0.39 is 20.4 Å². The SMILES string of the molecule is CC(C)(C)c1cc(CC(=O)C(C)(C)S(=O)(=O)c2ccc(Cl)c(Cl)c2)no1. The highest BCUT2D eigenvalue weighted by atomic mass is 35.5. The molecule has 0 atom stereocenters. The minimum absolute atomic E-state index is 0.0548. The van der Waals surface area contributed by atoms with Crippen LogP contribution in [0.5, 0.6) is 0 Å². The Balaban J connectivity index is 2.31. The van der Waals surface area contributed by atoms with E-state index in [1.807, 2.05) is 20.8 Å². The van der Waals surface area contributed by atoms with Crippen molar-refractivity contribution in [2.24, 2.45) is 0 Å². The lowest BCUT2D eigenvalue weighted by Gasteiger charge is -2.23. The van der Waals surface area contributed by atoms with E-state index >= 15 is 0 Å². The minimum Gasteiger partial charge on any atom is -0.361 e. The largest absolute Gasteiger partial charge is 0.361 e. The smallest absolute Gasteiger partial charge is 0.190 e. The van der Waals surface area contributed by atoms with Gasteiger partial charge in [-0.3, -0.25) is 4.79 Å². The number of carbonyl (C=O) groups is 1. The molecule has 0 fully saturated rings. The lowest BCUT2D eigenvalue weighted by Crippen LogP contribution is -2.41. The second kappa shape index (κ2) is 6.98. The van der Waals surface area contributed by atoms with E-state index in [2.05, 4.69) is 5.16 Å². The minimum atomic E-state index is -3.97. The predicted octanol–water partition coefficient (Wildman–Crippen LogP) is 4.64. The number of benzene rings is 1. The third-order valence-electron chi connectivity index (χ3n) is 4.18. The van der Waals surface area contributed by atoms with Gasteiger partial charge in [-0.2, -0.15) is 0 Å². The first-order valence-electron chi connectivity index (χ1n) is 7.96. The fourth-order valence-corrected chi connectivity index (χ4v) is 4.06. The number of carbonyl (C=O) groups excluding carboxylic acids is 1. The summed E-state index contributed by atoms with van der Waals surface area (Å²) in [6.07, 6.45) is -0.146. The Morgan fingerprint density at radius 1 is 1.08 bits per heavy atom. The van der Waals surface area contributed by atoms with Gasteiger partial charge in [0.2, 0.25) is 0 Å². The molecule has 0 saturated heterocycles. The summed E-state index contributed by atoms with van der Waals surface area (Å²) < 4.78 is 29.5. The van der Waals surface area contributed by atoms with Gasteiger partial charge in [0.15, 0.2) is 15.6 Å². The number of Topliss-reactive ketones (excluding diaryl/α,β-unsaturated/α-hetero) is 1. The van der Waals surface area contributed by atoms with Gasteiger partial charge in [0.1, 0.15) is 10.5 Å². The van der Waals surface area contributed by atoms with Crippen LogP contribution in [0, 0.1) is 0 Å². The number of aromatic nitrogens is 1. The number of halogens is 2. The van der Waals surface area contributed by atoms with E-state index in [0.29, 0.717) is 11.5 Å². The van der Waals surface area contributed by atoms with Crippen LogP contribution in [0.15, 0.2) is 33.7 Å². The Hall–Kier alpha value is -1.37. The lowest BCUT2D eigenvalue weighted by molar-refractivity contribution is -0.120. The molecule has 2 rings (SSSR count). The first-order chi connectivity index (χ1) is 11.8. The zero-order chi connectivity index (χ0) is 19.9. The molecule has 0 aliphatic carbocycles. The Kier molecular flexibility index (Phi) is 5.62. The topological polar surface area (TPSA) is 77.2 Å². The number of nitrogens with zero attached hydrogens (tertiary/aromatic N) is 1. The van der Waals surface area contributed by atoms with Crippen LogP contribution in [0.4, 0.5) is 0 Å². The highest BCUT2D eigenvalue weighted by Crippen LogP contribution is 2.32. The highest BCUT2D eigenvalue weighted by Gasteiger charge is 2.42. The Bertz CT molecular complexity index is 940. The molecule has 0 radical (unpaired) electrons. The van der Waals surface area contributed by atoms with Crippen molar-refractivity contribution in [1.82, 2.24) is 5.16 Å². The zero-order valence-electron chi connectivity index (χ0n) is 15.3. The molecule has 26 heavy (non-hydrogen) atoms. The van der Waals surface area contributed by atoms with E-state index in [1.54, 1.807) is 6.07 Å². The molecule has 0 spiro atoms. The van der Waals surface area contributed by atoms with E-state index in [4.69, 9.17) is 27.7 Å². The normalized spacial score (nSPS) is 13.0. The molecule has 0 bridgehead atoms. The molecule has 142 valence electrons. The van der Waals surface area contributed by atoms with Crippen LogP contribution in [0.1, 0.15) is 46.1 Å². The number of sulfone groups is 1. The third kappa shape index (κ3) is 3.97. The molecule has 2 aromatic rings. The van der Waals surface area contributed by atoms with Crippen molar-refractivity contribution in [2.45, 2.75) is 56.1 Å². The van der Waals surface area contributed by atoms with E-state index in [9.17, 15) is 13.2 Å². The summed E-state index contributed by atoms with van der Waals surface area (Å²) in [5.41, 5.74) is 0.146. The number of hydrogen-bond acceptors (Lipinski definition) is 5. The van der Waals surface area contributed by atoms with Crippen LogP contribution in [-0.4, -0.2) is 24.1 Å². The summed E-state index contributed by atoms with van der Waals surface area (Å²) in [5.74, 6) is 0.141. The van der Waals surface area contributed by atoms with Crippen LogP contribution in [0.3, 0.4) is 0 Å². The van der Waals surface area contributed by atoms with Crippen LogP contribution < -0.4 is 0 Å². The van der Waals surface area contributed by atoms with E-state index in [1.165, 1.54) is 32.0 Å². The predicted molar refractivity (Wildman–Crippen MR) is 102 cm³/mol. The lowest BCUT2D eigenvalue weighted by atomic mass is 9.92. The summed E-state index contributed by atoms with van der Waals surface area (Å²) >= 11 is 11.8. The fraction of sp³-hybridized carbons (Fsp3) is 0.444. The van der Waals surface area contributed by atoms with Crippen molar-refractivity contribution < 1.29 is 17.7 Å². The summed E-state index contributed by atoms with van der Waals surface area (Å²) in [6.45, 7) is 8.61. The summed E-state index contributed by atoms with van der Waals surface area (Å²) in [6, 6.07) is 5.67. The van der Waals surface area contributed by atoms with Gasteiger partial charge in [-0.1, -0.05) is 49.1 Å². The number of rotatable bonds is 5. The molecule has 8 heteroatoms. The second-order valence-electron chi connectivity index (χ2n) is 7.62. The quantitative estimate of drug-likeness (QED) is 0.707. The molecule has 0 aliphatic rings. The summed E-state index contributed by atoms with van der Waals surface area (Å²) in [5, 5.41) is 4.24. The number of ketones is 1. The molecular weight excluding hydrogens is 397 g/mol. The zero-order valence-corrected chi connectivity index (χ0v) is 17.6. The molecule has 1 aromatic carbocycles. The van der Waals surface area contributed by atoms with Crippen molar-refractivity contribution in [2.75, 3.05) is 0 Å². The summed E-state index contributed by atoms with van der Waals surface area (Å²) in [4.78, 5) is 12.7. The maximum absolute atomic E-state index is 12.9. The molecular formula is C18H21Cl2NO4S. The Labute approximate surface area is 163 Å². The molecule has 5 nitrogen and oxygen atoms in total.